The molecule has 0 saturated carbocycles. The molecule has 142 valence electrons. The van der Waals surface area contributed by atoms with Crippen LogP contribution in [0.5, 0.6) is 5.75 Å². The zero-order valence-electron chi connectivity index (χ0n) is 15.8. The number of nitrogens with zero attached hydrogens (tertiary/aromatic N) is 3. The van der Waals surface area contributed by atoms with Crippen LogP contribution in [-0.2, 0) is 11.8 Å². The van der Waals surface area contributed by atoms with Gasteiger partial charge < -0.3 is 14.5 Å². The van der Waals surface area contributed by atoms with Gasteiger partial charge in [0.1, 0.15) is 17.5 Å². The lowest BCUT2D eigenvalue weighted by Gasteiger charge is -2.23. The summed E-state index contributed by atoms with van der Waals surface area (Å²) >= 11 is 0. The number of hydrogen-bond donors (Lipinski definition) is 1. The minimum Gasteiger partial charge on any atom is -0.490 e. The predicted octanol–water partition coefficient (Wildman–Crippen LogP) is 4.19. The van der Waals surface area contributed by atoms with Crippen molar-refractivity contribution in [3.8, 4) is 28.0 Å². The van der Waals surface area contributed by atoms with Crippen LogP contribution in [0, 0.1) is 0 Å². The van der Waals surface area contributed by atoms with Crippen molar-refractivity contribution in [2.75, 3.05) is 13.2 Å². The molecule has 4 aromatic rings. The minimum absolute atomic E-state index is 0.249. The van der Waals surface area contributed by atoms with Crippen molar-refractivity contribution in [1.29, 1.82) is 0 Å². The Morgan fingerprint density at radius 1 is 1.07 bits per heavy atom. The molecule has 0 aliphatic carbocycles. The fourth-order valence-electron chi connectivity index (χ4n) is 3.67. The summed E-state index contributed by atoms with van der Waals surface area (Å²) in [6.07, 6.45) is 9.90. The molecule has 0 bridgehead atoms. The SMILES string of the molecule is Cn1cc(-c2cnc3[nH]cc(-c4ccc(OC5CCOCC5)cc4)c3c2)cn1. The van der Waals surface area contributed by atoms with E-state index >= 15 is 0 Å². The number of ether oxygens (including phenoxy) is 2. The summed E-state index contributed by atoms with van der Waals surface area (Å²) in [7, 11) is 1.92. The second-order valence-corrected chi connectivity index (χ2v) is 7.18. The van der Waals surface area contributed by atoms with Gasteiger partial charge in [0.05, 0.1) is 19.4 Å². The molecule has 1 aromatic carbocycles. The third-order valence-corrected chi connectivity index (χ3v) is 5.21. The number of aromatic nitrogens is 4. The molecule has 0 spiro atoms. The van der Waals surface area contributed by atoms with Gasteiger partial charge in [-0.25, -0.2) is 4.98 Å². The molecular weight excluding hydrogens is 352 g/mol. The van der Waals surface area contributed by atoms with Crippen LogP contribution >= 0.6 is 0 Å². The lowest BCUT2D eigenvalue weighted by Crippen LogP contribution is -2.25. The molecule has 28 heavy (non-hydrogen) atoms. The summed E-state index contributed by atoms with van der Waals surface area (Å²) in [5.41, 5.74) is 5.26. The van der Waals surface area contributed by atoms with Crippen molar-refractivity contribution in [2.24, 2.45) is 7.05 Å². The standard InChI is InChI=1S/C22H22N4O2/c1-26-14-17(12-25-26)16-10-20-21(13-24-22(20)23-11-16)15-2-4-18(5-3-15)28-19-6-8-27-9-7-19/h2-5,10-14,19H,6-9H2,1H3,(H,23,24). The van der Waals surface area contributed by atoms with E-state index in [-0.39, 0.29) is 6.10 Å². The Morgan fingerprint density at radius 3 is 2.64 bits per heavy atom. The second-order valence-electron chi connectivity index (χ2n) is 7.18. The van der Waals surface area contributed by atoms with Crippen LogP contribution in [-0.4, -0.2) is 39.1 Å². The van der Waals surface area contributed by atoms with Gasteiger partial charge >= 0.3 is 0 Å². The van der Waals surface area contributed by atoms with Gasteiger partial charge in [0.15, 0.2) is 0 Å². The molecule has 4 heterocycles. The fourth-order valence-corrected chi connectivity index (χ4v) is 3.67. The van der Waals surface area contributed by atoms with E-state index in [2.05, 4.69) is 33.3 Å². The van der Waals surface area contributed by atoms with Crippen molar-refractivity contribution in [1.82, 2.24) is 19.7 Å². The Bertz CT molecular complexity index is 1090. The topological polar surface area (TPSA) is 65.0 Å². The Morgan fingerprint density at radius 2 is 1.89 bits per heavy atom. The Balaban J connectivity index is 1.43. The van der Waals surface area contributed by atoms with Crippen LogP contribution in [0.4, 0.5) is 0 Å². The highest BCUT2D eigenvalue weighted by molar-refractivity contribution is 5.95. The Labute approximate surface area is 163 Å². The van der Waals surface area contributed by atoms with Crippen molar-refractivity contribution in [3.63, 3.8) is 0 Å². The van der Waals surface area contributed by atoms with Crippen molar-refractivity contribution < 1.29 is 9.47 Å². The molecule has 3 aromatic heterocycles. The number of pyridine rings is 1. The quantitative estimate of drug-likeness (QED) is 0.582. The summed E-state index contributed by atoms with van der Waals surface area (Å²) < 4.78 is 13.3. The van der Waals surface area contributed by atoms with Gasteiger partial charge in [0.2, 0.25) is 0 Å². The lowest BCUT2D eigenvalue weighted by atomic mass is 10.0. The average Bonchev–Trinajstić information content (AvgIpc) is 3.35. The molecule has 1 aliphatic rings. The molecule has 1 saturated heterocycles. The zero-order chi connectivity index (χ0) is 18.9. The van der Waals surface area contributed by atoms with Crippen LogP contribution in [0.2, 0.25) is 0 Å². The predicted molar refractivity (Wildman–Crippen MR) is 108 cm³/mol. The van der Waals surface area contributed by atoms with E-state index in [0.717, 1.165) is 65.1 Å². The fraction of sp³-hybridized carbons (Fsp3) is 0.273. The van der Waals surface area contributed by atoms with Gasteiger partial charge in [-0.15, -0.1) is 0 Å². The summed E-state index contributed by atoms with van der Waals surface area (Å²) in [4.78, 5) is 7.85. The number of rotatable bonds is 4. The maximum atomic E-state index is 6.08. The molecule has 6 nitrogen and oxygen atoms in total. The van der Waals surface area contributed by atoms with Crippen molar-refractivity contribution in [2.45, 2.75) is 18.9 Å². The molecule has 0 radical (unpaired) electrons. The summed E-state index contributed by atoms with van der Waals surface area (Å²) in [5, 5.41) is 5.35. The number of fused-ring (bicyclic) bond motifs is 1. The van der Waals surface area contributed by atoms with Crippen LogP contribution in [0.15, 0.2) is 55.1 Å². The number of H-pyrrole nitrogens is 1. The molecular formula is C22H22N4O2. The zero-order valence-corrected chi connectivity index (χ0v) is 15.8. The van der Waals surface area contributed by atoms with E-state index in [1.807, 2.05) is 44.0 Å². The summed E-state index contributed by atoms with van der Waals surface area (Å²) in [6, 6.07) is 10.5. The first-order valence-corrected chi connectivity index (χ1v) is 9.57. The third-order valence-electron chi connectivity index (χ3n) is 5.21. The maximum Gasteiger partial charge on any atom is 0.137 e. The average molecular weight is 374 g/mol. The molecule has 1 fully saturated rings. The molecule has 0 amide bonds. The van der Waals surface area contributed by atoms with E-state index in [1.165, 1.54) is 0 Å². The molecule has 1 aliphatic heterocycles. The van der Waals surface area contributed by atoms with E-state index in [4.69, 9.17) is 9.47 Å². The maximum absolute atomic E-state index is 6.08. The number of benzene rings is 1. The molecule has 0 atom stereocenters. The van der Waals surface area contributed by atoms with Crippen molar-refractivity contribution >= 4 is 11.0 Å². The molecule has 1 N–H and O–H groups in total. The number of hydrogen-bond acceptors (Lipinski definition) is 4. The largest absolute Gasteiger partial charge is 0.490 e. The summed E-state index contributed by atoms with van der Waals surface area (Å²) in [5.74, 6) is 0.907. The number of aromatic amines is 1. The third kappa shape index (κ3) is 3.27. The minimum atomic E-state index is 0.249. The van der Waals surface area contributed by atoms with Crippen LogP contribution in [0.3, 0.4) is 0 Å². The molecule has 0 unspecified atom stereocenters. The van der Waals surface area contributed by atoms with Crippen LogP contribution in [0.1, 0.15) is 12.8 Å². The molecule has 6 heteroatoms. The Kier molecular flexibility index (Phi) is 4.33. The highest BCUT2D eigenvalue weighted by Crippen LogP contribution is 2.32. The van der Waals surface area contributed by atoms with Crippen LogP contribution < -0.4 is 4.74 Å². The van der Waals surface area contributed by atoms with Gasteiger partial charge in [0.25, 0.3) is 0 Å². The number of aryl methyl sites for hydroxylation is 1. The first-order chi connectivity index (χ1) is 13.8. The smallest absolute Gasteiger partial charge is 0.137 e. The lowest BCUT2D eigenvalue weighted by molar-refractivity contribution is 0.0256. The second kappa shape index (κ2) is 7.13. The van der Waals surface area contributed by atoms with E-state index < -0.39 is 0 Å². The highest BCUT2D eigenvalue weighted by Gasteiger charge is 2.15. The first-order valence-electron chi connectivity index (χ1n) is 9.57. The Hall–Kier alpha value is -3.12. The normalized spacial score (nSPS) is 15.2. The van der Waals surface area contributed by atoms with E-state index in [0.29, 0.717) is 0 Å². The van der Waals surface area contributed by atoms with Crippen LogP contribution in [0.25, 0.3) is 33.3 Å². The summed E-state index contributed by atoms with van der Waals surface area (Å²) in [6.45, 7) is 1.56. The highest BCUT2D eigenvalue weighted by atomic mass is 16.5. The van der Waals surface area contributed by atoms with Gasteiger partial charge in [-0.2, -0.15) is 5.10 Å². The first kappa shape index (κ1) is 17.0. The van der Waals surface area contributed by atoms with E-state index in [1.54, 1.807) is 4.68 Å². The number of nitrogens with one attached hydrogen (secondary N) is 1. The van der Waals surface area contributed by atoms with Crippen molar-refractivity contribution in [3.05, 3.63) is 55.1 Å². The van der Waals surface area contributed by atoms with E-state index in [9.17, 15) is 0 Å². The van der Waals surface area contributed by atoms with Gasteiger partial charge in [-0.1, -0.05) is 12.1 Å². The van der Waals surface area contributed by atoms with Gasteiger partial charge in [0, 0.05) is 60.6 Å². The van der Waals surface area contributed by atoms with Gasteiger partial charge in [-0.05, 0) is 23.8 Å². The molecule has 5 rings (SSSR count). The monoisotopic (exact) mass is 374 g/mol. The van der Waals surface area contributed by atoms with Gasteiger partial charge in [-0.3, -0.25) is 4.68 Å².